The lowest BCUT2D eigenvalue weighted by atomic mass is 9.80. The molecule has 0 atom stereocenters. The van der Waals surface area contributed by atoms with Gasteiger partial charge in [0.15, 0.2) is 0 Å². The molecule has 0 heterocycles. The molecule has 2 rings (SSSR count). The quantitative estimate of drug-likeness (QED) is 0.856. The van der Waals surface area contributed by atoms with Gasteiger partial charge in [-0.2, -0.15) is 0 Å². The first-order valence-electron chi connectivity index (χ1n) is 6.95. The van der Waals surface area contributed by atoms with E-state index in [0.717, 1.165) is 11.1 Å². The first kappa shape index (κ1) is 15.2. The van der Waals surface area contributed by atoms with E-state index in [-0.39, 0.29) is 6.42 Å². The summed E-state index contributed by atoms with van der Waals surface area (Å²) < 4.78 is 5.89. The van der Waals surface area contributed by atoms with Crippen molar-refractivity contribution in [1.82, 2.24) is 0 Å². The smallest absolute Gasteiger partial charge is 0.304 e. The summed E-state index contributed by atoms with van der Waals surface area (Å²) in [6, 6.07) is 3.85. The number of aryl methyl sites for hydroxylation is 1. The number of hydrogen-bond acceptors (Lipinski definition) is 2. The Morgan fingerprint density at radius 3 is 2.65 bits per heavy atom. The summed E-state index contributed by atoms with van der Waals surface area (Å²) in [5, 5.41) is 9.66. The van der Waals surface area contributed by atoms with E-state index in [1.165, 1.54) is 12.8 Å². The molecule has 1 N–H and O–H groups in total. The van der Waals surface area contributed by atoms with Crippen LogP contribution in [0.1, 0.15) is 44.2 Å². The van der Waals surface area contributed by atoms with Crippen LogP contribution in [0.4, 0.5) is 0 Å². The minimum absolute atomic E-state index is 0.0482. The zero-order valence-corrected chi connectivity index (χ0v) is 13.0. The van der Waals surface area contributed by atoms with Crippen LogP contribution in [0.5, 0.6) is 5.75 Å². The van der Waals surface area contributed by atoms with Gasteiger partial charge in [-0.3, -0.25) is 4.79 Å². The van der Waals surface area contributed by atoms with Crippen molar-refractivity contribution < 1.29 is 14.6 Å². The Morgan fingerprint density at radius 2 is 2.10 bits per heavy atom. The largest absolute Gasteiger partial charge is 0.491 e. The molecule has 0 amide bonds. The maximum Gasteiger partial charge on any atom is 0.304 e. The number of ether oxygens (including phenoxy) is 1. The highest BCUT2D eigenvalue weighted by Gasteiger charge is 2.30. The monoisotopic (exact) mass is 296 g/mol. The summed E-state index contributed by atoms with van der Waals surface area (Å²) in [6.07, 6.45) is 2.46. The molecule has 0 aromatic heterocycles. The first-order chi connectivity index (χ1) is 9.29. The van der Waals surface area contributed by atoms with E-state index >= 15 is 0 Å². The van der Waals surface area contributed by atoms with E-state index in [2.05, 4.69) is 0 Å². The fourth-order valence-electron chi connectivity index (χ4n) is 2.34. The van der Waals surface area contributed by atoms with Gasteiger partial charge in [0, 0.05) is 11.0 Å². The van der Waals surface area contributed by atoms with Gasteiger partial charge in [0.1, 0.15) is 5.75 Å². The molecule has 1 aliphatic rings. The molecule has 0 aliphatic heterocycles. The zero-order chi connectivity index (χ0) is 14.9. The van der Waals surface area contributed by atoms with Crippen LogP contribution in [0.2, 0.25) is 5.02 Å². The zero-order valence-electron chi connectivity index (χ0n) is 12.2. The predicted molar refractivity (Wildman–Crippen MR) is 79.7 cm³/mol. The fraction of sp³-hybridized carbons (Fsp3) is 0.562. The molecular formula is C16H21ClO3. The fourth-order valence-corrected chi connectivity index (χ4v) is 2.67. The third kappa shape index (κ3) is 3.66. The lowest BCUT2D eigenvalue weighted by Gasteiger charge is -2.27. The van der Waals surface area contributed by atoms with Crippen molar-refractivity contribution in [3.8, 4) is 5.75 Å². The lowest BCUT2D eigenvalue weighted by molar-refractivity contribution is -0.138. The van der Waals surface area contributed by atoms with Crippen LogP contribution in [0.25, 0.3) is 0 Å². The molecule has 1 aliphatic carbocycles. The van der Waals surface area contributed by atoms with Crippen molar-refractivity contribution in [3.63, 3.8) is 0 Å². The summed E-state index contributed by atoms with van der Waals surface area (Å²) >= 11 is 6.31. The summed E-state index contributed by atoms with van der Waals surface area (Å²) in [5.41, 5.74) is 1.38. The van der Waals surface area contributed by atoms with Gasteiger partial charge in [0.25, 0.3) is 0 Å². The third-order valence-electron chi connectivity index (χ3n) is 3.67. The Labute approximate surface area is 124 Å². The van der Waals surface area contributed by atoms with E-state index in [1.807, 2.05) is 32.9 Å². The SMILES string of the molecule is Cc1cc(Cl)c(OCC2CC2)c(C(C)(C)CC(=O)O)c1. The standard InChI is InChI=1S/C16H21ClO3/c1-10-6-12(16(2,3)8-14(18)19)15(13(17)7-10)20-9-11-4-5-11/h6-7,11H,4-5,8-9H2,1-3H3,(H,18,19). The molecule has 1 saturated carbocycles. The van der Waals surface area contributed by atoms with Crippen LogP contribution in [0.15, 0.2) is 12.1 Å². The third-order valence-corrected chi connectivity index (χ3v) is 3.95. The normalized spacial score (nSPS) is 15.2. The molecule has 110 valence electrons. The average molecular weight is 297 g/mol. The Bertz CT molecular complexity index is 519. The summed E-state index contributed by atoms with van der Waals surface area (Å²) in [7, 11) is 0. The molecule has 0 unspecified atom stereocenters. The van der Waals surface area contributed by atoms with Gasteiger partial charge in [0.05, 0.1) is 18.1 Å². The van der Waals surface area contributed by atoms with Crippen molar-refractivity contribution in [3.05, 3.63) is 28.3 Å². The Kier molecular flexibility index (Phi) is 4.28. The van der Waals surface area contributed by atoms with Crippen LogP contribution >= 0.6 is 11.6 Å². The van der Waals surface area contributed by atoms with Gasteiger partial charge in [-0.1, -0.05) is 31.5 Å². The van der Waals surface area contributed by atoms with Gasteiger partial charge < -0.3 is 9.84 Å². The molecule has 0 radical (unpaired) electrons. The van der Waals surface area contributed by atoms with Crippen molar-refractivity contribution in [2.45, 2.75) is 45.4 Å². The van der Waals surface area contributed by atoms with Crippen LogP contribution in [-0.4, -0.2) is 17.7 Å². The van der Waals surface area contributed by atoms with Crippen molar-refractivity contribution in [2.75, 3.05) is 6.61 Å². The number of benzene rings is 1. The number of aliphatic carboxylic acids is 1. The highest BCUT2D eigenvalue weighted by Crippen LogP contribution is 2.41. The van der Waals surface area contributed by atoms with E-state index in [4.69, 9.17) is 21.4 Å². The Hall–Kier alpha value is -1.22. The molecule has 4 heteroatoms. The molecule has 3 nitrogen and oxygen atoms in total. The lowest BCUT2D eigenvalue weighted by Crippen LogP contribution is -2.23. The van der Waals surface area contributed by atoms with Gasteiger partial charge in [0.2, 0.25) is 0 Å². The summed E-state index contributed by atoms with van der Waals surface area (Å²) in [6.45, 7) is 6.45. The molecule has 20 heavy (non-hydrogen) atoms. The highest BCUT2D eigenvalue weighted by atomic mass is 35.5. The van der Waals surface area contributed by atoms with E-state index in [9.17, 15) is 4.79 Å². The highest BCUT2D eigenvalue weighted by molar-refractivity contribution is 6.32. The topological polar surface area (TPSA) is 46.5 Å². The van der Waals surface area contributed by atoms with E-state index < -0.39 is 11.4 Å². The molecule has 1 aromatic rings. The maximum absolute atomic E-state index is 11.1. The molecular weight excluding hydrogens is 276 g/mol. The minimum atomic E-state index is -0.819. The van der Waals surface area contributed by atoms with E-state index in [0.29, 0.717) is 23.3 Å². The first-order valence-corrected chi connectivity index (χ1v) is 7.32. The molecule has 1 aromatic carbocycles. The average Bonchev–Trinajstić information content (AvgIpc) is 3.09. The van der Waals surface area contributed by atoms with Crippen LogP contribution < -0.4 is 4.74 Å². The molecule has 1 fully saturated rings. The Balaban J connectivity index is 2.34. The van der Waals surface area contributed by atoms with Crippen LogP contribution in [-0.2, 0) is 10.2 Å². The molecule has 0 saturated heterocycles. The van der Waals surface area contributed by atoms with Crippen LogP contribution in [0.3, 0.4) is 0 Å². The number of carboxylic acids is 1. The van der Waals surface area contributed by atoms with Gasteiger partial charge >= 0.3 is 5.97 Å². The summed E-state index contributed by atoms with van der Waals surface area (Å²) in [5.74, 6) is 0.457. The second-order valence-electron chi connectivity index (χ2n) is 6.33. The van der Waals surface area contributed by atoms with Crippen molar-refractivity contribution >= 4 is 17.6 Å². The van der Waals surface area contributed by atoms with Crippen molar-refractivity contribution in [1.29, 1.82) is 0 Å². The van der Waals surface area contributed by atoms with Gasteiger partial charge in [-0.25, -0.2) is 0 Å². The maximum atomic E-state index is 11.1. The van der Waals surface area contributed by atoms with Crippen molar-refractivity contribution in [2.24, 2.45) is 5.92 Å². The number of halogens is 1. The molecule has 0 bridgehead atoms. The second-order valence-corrected chi connectivity index (χ2v) is 6.74. The second kappa shape index (κ2) is 5.65. The predicted octanol–water partition coefficient (Wildman–Crippen LogP) is 4.19. The van der Waals surface area contributed by atoms with Crippen LogP contribution in [0, 0.1) is 12.8 Å². The number of hydrogen-bond donors (Lipinski definition) is 1. The summed E-state index contributed by atoms with van der Waals surface area (Å²) in [4.78, 5) is 11.1. The number of carbonyl (C=O) groups is 1. The number of carboxylic acid groups (broad SMARTS) is 1. The number of rotatable bonds is 6. The molecule has 0 spiro atoms. The Morgan fingerprint density at radius 1 is 1.45 bits per heavy atom. The van der Waals surface area contributed by atoms with Gasteiger partial charge in [-0.05, 0) is 37.3 Å². The minimum Gasteiger partial charge on any atom is -0.491 e. The van der Waals surface area contributed by atoms with E-state index in [1.54, 1.807) is 0 Å². The van der Waals surface area contributed by atoms with Gasteiger partial charge in [-0.15, -0.1) is 0 Å².